The van der Waals surface area contributed by atoms with Crippen molar-refractivity contribution in [1.29, 1.82) is 0 Å². The number of thiophene rings is 1. The van der Waals surface area contributed by atoms with Gasteiger partial charge in [-0.25, -0.2) is 0 Å². The Bertz CT molecular complexity index is 1020. The van der Waals surface area contributed by atoms with E-state index in [-0.39, 0.29) is 33.9 Å². The number of halogens is 6. The van der Waals surface area contributed by atoms with Crippen LogP contribution in [0.25, 0.3) is 0 Å². The molecule has 6 nitrogen and oxygen atoms in total. The maximum absolute atomic E-state index is 13.1. The molecule has 1 aromatic heterocycles. The Morgan fingerprint density at radius 3 is 2.52 bits per heavy atom. The summed E-state index contributed by atoms with van der Waals surface area (Å²) in [5, 5.41) is 7.37. The first-order valence-electron chi connectivity index (χ1n) is 8.61. The molecular weight excluding hydrogens is 473 g/mol. The Hall–Kier alpha value is -2.47. The number of amides is 1. The quantitative estimate of drug-likeness (QED) is 0.495. The van der Waals surface area contributed by atoms with Crippen LogP contribution in [0, 0.1) is 0 Å². The lowest BCUT2D eigenvalue weighted by Crippen LogP contribution is -2.41. The zero-order chi connectivity index (χ0) is 23.3. The van der Waals surface area contributed by atoms with E-state index in [1.807, 2.05) is 0 Å². The van der Waals surface area contributed by atoms with Crippen molar-refractivity contribution in [3.05, 3.63) is 39.9 Å². The van der Waals surface area contributed by atoms with Crippen molar-refractivity contribution in [3.63, 3.8) is 0 Å². The number of carbonyl (C=O) groups excluding carboxylic acids is 2. The van der Waals surface area contributed by atoms with Crippen molar-refractivity contribution in [3.8, 4) is 5.06 Å². The second-order valence-corrected chi connectivity index (χ2v) is 8.34. The van der Waals surface area contributed by atoms with Gasteiger partial charge in [0, 0.05) is 5.70 Å². The highest BCUT2D eigenvalue weighted by atomic mass is 35.5. The summed E-state index contributed by atoms with van der Waals surface area (Å²) in [4.78, 5) is 37.2. The topological polar surface area (TPSA) is 83.9 Å². The predicted octanol–water partition coefficient (Wildman–Crippen LogP) is 4.36. The average molecular weight is 486 g/mol. The van der Waals surface area contributed by atoms with Crippen LogP contribution in [0.4, 0.5) is 22.0 Å². The number of nitrogens with zero attached hydrogens (tertiary/aromatic N) is 1. The molecule has 0 saturated carbocycles. The molecule has 2 heterocycles. The van der Waals surface area contributed by atoms with E-state index in [2.05, 4.69) is 4.74 Å². The highest BCUT2D eigenvalue weighted by molar-refractivity contribution is 7.15. The van der Waals surface area contributed by atoms with Crippen LogP contribution in [-0.4, -0.2) is 51.4 Å². The molecule has 0 bridgehead atoms. The third-order valence-electron chi connectivity index (χ3n) is 4.75. The number of rotatable bonds is 5. The van der Waals surface area contributed by atoms with Crippen LogP contribution in [0.5, 0.6) is 5.06 Å². The fraction of sp³-hybridized carbons (Fsp3) is 0.389. The number of allylic oxidation sites excluding steroid dienone is 2. The first kappa shape index (κ1) is 23.2. The molecule has 1 aliphatic heterocycles. The normalized spacial score (nSPS) is 21.8. The minimum absolute atomic E-state index is 0.0146. The SMILES string of the molecule is CC1=C(CC(=O)O)C2=CC(=O)C(Cl)CC2N1C(=O)c1ccc(OC(F)(F)C(F)(F)F)s1. The molecule has 168 valence electrons. The number of ether oxygens (including phenoxy) is 1. The monoisotopic (exact) mass is 485 g/mol. The number of ketones is 1. The second kappa shape index (κ2) is 7.90. The molecule has 2 atom stereocenters. The molecule has 0 radical (unpaired) electrons. The standard InChI is InChI=1S/C18H13ClF5NO5S/c1-7-8(5-14(27)28)9-4-12(26)10(19)6-11(9)25(7)16(29)13-2-3-15(31-13)30-18(23,24)17(20,21)22/h2-4,10-11H,5-6H2,1H3,(H,27,28). The molecule has 1 aliphatic carbocycles. The van der Waals surface area contributed by atoms with E-state index in [4.69, 9.17) is 16.7 Å². The summed E-state index contributed by atoms with van der Waals surface area (Å²) in [6, 6.07) is 1.05. The van der Waals surface area contributed by atoms with Gasteiger partial charge in [-0.15, -0.1) is 11.6 Å². The van der Waals surface area contributed by atoms with Gasteiger partial charge in [-0.3, -0.25) is 14.4 Å². The van der Waals surface area contributed by atoms with Crippen molar-refractivity contribution >= 4 is 40.6 Å². The first-order chi connectivity index (χ1) is 14.2. The van der Waals surface area contributed by atoms with Gasteiger partial charge in [-0.1, -0.05) is 11.3 Å². The lowest BCUT2D eigenvalue weighted by Gasteiger charge is -2.30. The van der Waals surface area contributed by atoms with Crippen LogP contribution in [0.3, 0.4) is 0 Å². The smallest absolute Gasteiger partial charge is 0.481 e. The molecule has 13 heteroatoms. The van der Waals surface area contributed by atoms with Gasteiger partial charge in [-0.2, -0.15) is 22.0 Å². The highest BCUT2D eigenvalue weighted by Gasteiger charge is 2.61. The summed E-state index contributed by atoms with van der Waals surface area (Å²) < 4.78 is 67.0. The predicted molar refractivity (Wildman–Crippen MR) is 98.2 cm³/mol. The van der Waals surface area contributed by atoms with Gasteiger partial charge in [0.05, 0.1) is 22.7 Å². The number of carboxylic acids is 1. The molecule has 1 N–H and O–H groups in total. The Morgan fingerprint density at radius 2 is 1.94 bits per heavy atom. The Labute approximate surface area is 180 Å². The van der Waals surface area contributed by atoms with Gasteiger partial charge < -0.3 is 14.7 Å². The number of fused-ring (bicyclic) bond motifs is 1. The molecule has 2 aliphatic rings. The number of hydrogen-bond acceptors (Lipinski definition) is 5. The fourth-order valence-electron chi connectivity index (χ4n) is 3.37. The van der Waals surface area contributed by atoms with Crippen LogP contribution in [0.1, 0.15) is 29.4 Å². The van der Waals surface area contributed by atoms with Crippen molar-refractivity contribution in [2.24, 2.45) is 0 Å². The number of alkyl halides is 6. The molecular formula is C18H13ClF5NO5S. The fourth-order valence-corrected chi connectivity index (χ4v) is 4.42. The molecule has 0 spiro atoms. The maximum atomic E-state index is 13.1. The third kappa shape index (κ3) is 4.31. The molecule has 1 aromatic rings. The van der Waals surface area contributed by atoms with Gasteiger partial charge >= 0.3 is 18.3 Å². The summed E-state index contributed by atoms with van der Waals surface area (Å²) in [6.45, 7) is 1.45. The van der Waals surface area contributed by atoms with Crippen LogP contribution < -0.4 is 4.74 Å². The van der Waals surface area contributed by atoms with Crippen molar-refractivity contribution < 1.29 is 46.2 Å². The number of carbonyl (C=O) groups is 3. The zero-order valence-corrected chi connectivity index (χ0v) is 17.1. The van der Waals surface area contributed by atoms with E-state index in [0.29, 0.717) is 5.57 Å². The molecule has 31 heavy (non-hydrogen) atoms. The van der Waals surface area contributed by atoms with E-state index < -0.39 is 52.8 Å². The summed E-state index contributed by atoms with van der Waals surface area (Å²) in [5.41, 5.74) is 0.768. The van der Waals surface area contributed by atoms with E-state index >= 15 is 0 Å². The number of aliphatic carboxylic acids is 1. The van der Waals surface area contributed by atoms with Gasteiger partial charge in [-0.05, 0) is 42.7 Å². The average Bonchev–Trinajstić information content (AvgIpc) is 3.18. The highest BCUT2D eigenvalue weighted by Crippen LogP contribution is 2.43. The molecule has 1 amide bonds. The molecule has 2 unspecified atom stereocenters. The van der Waals surface area contributed by atoms with Crippen LogP contribution in [0.2, 0.25) is 0 Å². The molecule has 0 saturated heterocycles. The zero-order valence-electron chi connectivity index (χ0n) is 15.5. The lowest BCUT2D eigenvalue weighted by molar-refractivity contribution is -0.359. The van der Waals surface area contributed by atoms with Crippen LogP contribution in [0.15, 0.2) is 35.1 Å². The second-order valence-electron chi connectivity index (χ2n) is 6.77. The largest absolute Gasteiger partial charge is 0.499 e. The maximum Gasteiger partial charge on any atom is 0.499 e. The van der Waals surface area contributed by atoms with Crippen molar-refractivity contribution in [2.75, 3.05) is 0 Å². The van der Waals surface area contributed by atoms with E-state index in [0.717, 1.165) is 12.1 Å². The Balaban J connectivity index is 1.93. The molecule has 0 aromatic carbocycles. The van der Waals surface area contributed by atoms with Gasteiger partial charge in [0.25, 0.3) is 5.91 Å². The van der Waals surface area contributed by atoms with Crippen LogP contribution in [-0.2, 0) is 9.59 Å². The van der Waals surface area contributed by atoms with E-state index in [1.165, 1.54) is 17.9 Å². The van der Waals surface area contributed by atoms with Crippen molar-refractivity contribution in [1.82, 2.24) is 4.90 Å². The summed E-state index contributed by atoms with van der Waals surface area (Å²) >= 11 is 6.27. The minimum atomic E-state index is -5.94. The van der Waals surface area contributed by atoms with E-state index in [9.17, 15) is 36.3 Å². The van der Waals surface area contributed by atoms with Crippen molar-refractivity contribution in [2.45, 2.75) is 43.5 Å². The van der Waals surface area contributed by atoms with Gasteiger partial charge in [0.15, 0.2) is 10.8 Å². The summed E-state index contributed by atoms with van der Waals surface area (Å²) in [6.07, 6.45) is -10.7. The lowest BCUT2D eigenvalue weighted by atomic mass is 9.89. The van der Waals surface area contributed by atoms with Crippen LogP contribution >= 0.6 is 22.9 Å². The first-order valence-corrected chi connectivity index (χ1v) is 9.86. The molecule has 3 rings (SSSR count). The summed E-state index contributed by atoms with van der Waals surface area (Å²) in [5.74, 6) is -2.42. The van der Waals surface area contributed by atoms with E-state index in [1.54, 1.807) is 0 Å². The Kier molecular flexibility index (Phi) is 5.91. The van der Waals surface area contributed by atoms with Gasteiger partial charge in [0.1, 0.15) is 0 Å². The summed E-state index contributed by atoms with van der Waals surface area (Å²) in [7, 11) is 0. The minimum Gasteiger partial charge on any atom is -0.481 e. The van der Waals surface area contributed by atoms with Gasteiger partial charge in [0.2, 0.25) is 0 Å². The molecule has 0 fully saturated rings. The number of carboxylic acid groups (broad SMARTS) is 1. The Morgan fingerprint density at radius 1 is 1.29 bits per heavy atom. The third-order valence-corrected chi connectivity index (χ3v) is 6.10. The number of hydrogen-bond donors (Lipinski definition) is 1.